The molecule has 0 fully saturated rings. The van der Waals surface area contributed by atoms with Crippen LogP contribution in [0.25, 0.3) is 0 Å². The number of rotatable bonds is 5. The Morgan fingerprint density at radius 1 is 1.64 bits per heavy atom. The number of hydrogen-bond donors (Lipinski definition) is 2. The van der Waals surface area contributed by atoms with Gasteiger partial charge in [-0.1, -0.05) is 13.3 Å². The summed E-state index contributed by atoms with van der Waals surface area (Å²) in [6.07, 6.45) is 2.64. The predicted molar refractivity (Wildman–Crippen MR) is 47.3 cm³/mol. The van der Waals surface area contributed by atoms with E-state index in [1.54, 1.807) is 6.92 Å². The van der Waals surface area contributed by atoms with Crippen LogP contribution >= 0.6 is 0 Å². The first-order valence-corrected chi connectivity index (χ1v) is 5.22. The fraction of sp³-hybridized carbons (Fsp3) is 0.571. The number of carbonyl (C=O) groups excluding carboxylic acids is 1. The molecule has 0 aromatic carbocycles. The Balaban J connectivity index is 0. The molecule has 0 aliphatic heterocycles. The number of nitrogens with one attached hydrogen (secondary N) is 1. The van der Waals surface area contributed by atoms with Crippen molar-refractivity contribution in [1.29, 1.82) is 0 Å². The van der Waals surface area contributed by atoms with E-state index in [1.165, 1.54) is 0 Å². The number of amides is 1. The van der Waals surface area contributed by atoms with Crippen LogP contribution in [0.4, 0.5) is 0 Å². The van der Waals surface area contributed by atoms with E-state index in [-0.39, 0.29) is 36.0 Å². The normalized spacial score (nSPS) is 12.4. The Labute approximate surface area is 106 Å². The molecule has 0 bridgehead atoms. The minimum atomic E-state index is -4.23. The molecular formula is C7H12NNaO4S. The van der Waals surface area contributed by atoms with Crippen molar-refractivity contribution in [2.45, 2.75) is 25.1 Å². The zero-order chi connectivity index (χ0) is 10.5. The quantitative estimate of drug-likeness (QED) is 0.229. The minimum Gasteiger partial charge on any atom is -0.412 e. The van der Waals surface area contributed by atoms with E-state index >= 15 is 0 Å². The van der Waals surface area contributed by atoms with E-state index in [0.717, 1.165) is 0 Å². The second kappa shape index (κ2) is 7.42. The molecule has 0 saturated carbocycles. The Hall–Kier alpha value is 0.120. The van der Waals surface area contributed by atoms with Gasteiger partial charge in [-0.3, -0.25) is 11.1 Å². The average Bonchev–Trinajstić information content (AvgIpc) is 2.01. The third-order valence-electron chi connectivity index (χ3n) is 1.36. The van der Waals surface area contributed by atoms with Crippen molar-refractivity contribution in [1.82, 2.24) is 5.32 Å². The van der Waals surface area contributed by atoms with Crippen LogP contribution in [-0.4, -0.2) is 24.3 Å². The maximum atomic E-state index is 10.7. The molecule has 0 rings (SSSR count). The topological polar surface area (TPSA) is 83.5 Å². The van der Waals surface area contributed by atoms with Crippen LogP contribution in [-0.2, 0) is 14.9 Å². The Kier molecular flexibility index (Phi) is 8.77. The fourth-order valence-electron chi connectivity index (χ4n) is 0.755. The molecule has 7 heteroatoms. The van der Waals surface area contributed by atoms with Crippen LogP contribution in [0.5, 0.6) is 0 Å². The molecule has 76 valence electrons. The van der Waals surface area contributed by atoms with Crippen molar-refractivity contribution in [3.05, 3.63) is 12.7 Å². The molecule has 0 saturated heterocycles. The molecular weight excluding hydrogens is 217 g/mol. The summed E-state index contributed by atoms with van der Waals surface area (Å²) in [5.74, 6) is -0.740. The van der Waals surface area contributed by atoms with Gasteiger partial charge in [-0.25, -0.2) is 0 Å². The standard InChI is InChI=1S/C7H12NO4S.Na/c1-3-5-7(13(10,11)12)8-6(9)4-2;/h7H,2-3,5H2,1H3,(H,8,9)(H,10,11,12);/q-1;+1. The van der Waals surface area contributed by atoms with E-state index in [4.69, 9.17) is 4.55 Å². The second-order valence-electron chi connectivity index (χ2n) is 2.44. The monoisotopic (exact) mass is 229 g/mol. The first-order valence-electron chi connectivity index (χ1n) is 3.71. The third-order valence-corrected chi connectivity index (χ3v) is 2.44. The van der Waals surface area contributed by atoms with Crippen molar-refractivity contribution in [2.75, 3.05) is 0 Å². The van der Waals surface area contributed by atoms with E-state index in [0.29, 0.717) is 6.42 Å². The van der Waals surface area contributed by atoms with Crippen LogP contribution in [0.2, 0.25) is 0 Å². The second-order valence-corrected chi connectivity index (χ2v) is 4.04. The summed E-state index contributed by atoms with van der Waals surface area (Å²) in [6, 6.07) is 0. The largest absolute Gasteiger partial charge is 1.00 e. The van der Waals surface area contributed by atoms with Gasteiger partial charge < -0.3 is 16.2 Å². The zero-order valence-electron chi connectivity index (χ0n) is 8.28. The summed E-state index contributed by atoms with van der Waals surface area (Å²) in [6.45, 7) is 4.78. The number of hydrogen-bond acceptors (Lipinski definition) is 3. The molecule has 0 heterocycles. The molecule has 0 radical (unpaired) electrons. The fourth-order valence-corrected chi connectivity index (χ4v) is 1.54. The van der Waals surface area contributed by atoms with Gasteiger partial charge in [0, 0.05) is 0 Å². The average molecular weight is 229 g/mol. The molecule has 1 unspecified atom stereocenters. The van der Waals surface area contributed by atoms with Gasteiger partial charge in [0.25, 0.3) is 10.1 Å². The summed E-state index contributed by atoms with van der Waals surface area (Å²) in [5.41, 5.74) is 0. The summed E-state index contributed by atoms with van der Waals surface area (Å²) >= 11 is 0. The van der Waals surface area contributed by atoms with Crippen molar-refractivity contribution in [3.8, 4) is 0 Å². The van der Waals surface area contributed by atoms with Crippen LogP contribution in [0.1, 0.15) is 19.8 Å². The molecule has 1 amide bonds. The van der Waals surface area contributed by atoms with Gasteiger partial charge >= 0.3 is 29.6 Å². The molecule has 0 aromatic heterocycles. The SMILES string of the molecule is C=[C-]C(=O)NC(CCC)S(=O)(=O)O.[Na+]. The van der Waals surface area contributed by atoms with Gasteiger partial charge in [0.15, 0.2) is 5.37 Å². The zero-order valence-corrected chi connectivity index (χ0v) is 11.1. The van der Waals surface area contributed by atoms with Crippen LogP contribution in [0.3, 0.4) is 0 Å². The maximum absolute atomic E-state index is 10.7. The van der Waals surface area contributed by atoms with E-state index in [9.17, 15) is 13.2 Å². The Morgan fingerprint density at radius 2 is 2.14 bits per heavy atom. The third kappa shape index (κ3) is 6.56. The van der Waals surface area contributed by atoms with Gasteiger partial charge in [-0.2, -0.15) is 8.42 Å². The van der Waals surface area contributed by atoms with E-state index in [1.807, 2.05) is 6.08 Å². The van der Waals surface area contributed by atoms with Crippen molar-refractivity contribution >= 4 is 16.0 Å². The molecule has 0 spiro atoms. The Morgan fingerprint density at radius 3 is 2.43 bits per heavy atom. The smallest absolute Gasteiger partial charge is 0.412 e. The molecule has 0 aromatic rings. The van der Waals surface area contributed by atoms with Crippen LogP contribution < -0.4 is 34.9 Å². The first-order chi connectivity index (χ1) is 5.91. The van der Waals surface area contributed by atoms with Crippen molar-refractivity contribution < 1.29 is 47.3 Å². The molecule has 5 nitrogen and oxygen atoms in total. The molecule has 2 N–H and O–H groups in total. The van der Waals surface area contributed by atoms with Crippen molar-refractivity contribution in [2.24, 2.45) is 0 Å². The van der Waals surface area contributed by atoms with Gasteiger partial charge in [0.2, 0.25) is 0 Å². The van der Waals surface area contributed by atoms with Crippen molar-refractivity contribution in [3.63, 3.8) is 0 Å². The number of carbonyl (C=O) groups is 1. The minimum absolute atomic E-state index is 0. The summed E-state index contributed by atoms with van der Waals surface area (Å²) in [7, 11) is -4.23. The van der Waals surface area contributed by atoms with Crippen LogP contribution in [0, 0.1) is 6.08 Å². The molecule has 14 heavy (non-hydrogen) atoms. The maximum Gasteiger partial charge on any atom is 1.00 e. The van der Waals surface area contributed by atoms with Gasteiger partial charge in [0.1, 0.15) is 0 Å². The molecule has 0 aliphatic carbocycles. The first kappa shape index (κ1) is 16.5. The van der Waals surface area contributed by atoms with Crippen LogP contribution in [0.15, 0.2) is 6.58 Å². The summed E-state index contributed by atoms with van der Waals surface area (Å²) in [5, 5.41) is 0.792. The van der Waals surface area contributed by atoms with Gasteiger partial charge in [-0.15, -0.1) is 0 Å². The summed E-state index contributed by atoms with van der Waals surface area (Å²) < 4.78 is 30.0. The molecule has 0 aliphatic rings. The van der Waals surface area contributed by atoms with Gasteiger partial charge in [0.05, 0.1) is 5.91 Å². The predicted octanol–water partition coefficient (Wildman–Crippen LogP) is -2.89. The Bertz CT molecular complexity index is 288. The van der Waals surface area contributed by atoms with E-state index in [2.05, 4.69) is 11.9 Å². The molecule has 1 atom stereocenters. The van der Waals surface area contributed by atoms with Gasteiger partial charge in [-0.05, 0) is 6.42 Å². The summed E-state index contributed by atoms with van der Waals surface area (Å²) in [4.78, 5) is 10.7. The van der Waals surface area contributed by atoms with E-state index < -0.39 is 21.4 Å².